The van der Waals surface area contributed by atoms with Crippen LogP contribution in [-0.4, -0.2) is 12.5 Å². The summed E-state index contributed by atoms with van der Waals surface area (Å²) in [6, 6.07) is 4.03. The maximum Gasteiger partial charge on any atom is 0.260 e. The van der Waals surface area contributed by atoms with Crippen LogP contribution in [0.25, 0.3) is 0 Å². The molecule has 0 aromatic heterocycles. The number of nitrogens with two attached hydrogens (primary N) is 1. The summed E-state index contributed by atoms with van der Waals surface area (Å²) < 4.78 is 40.4. The number of halogens is 4. The van der Waals surface area contributed by atoms with E-state index in [1.807, 2.05) is 0 Å². The molecule has 5 heteroatoms. The van der Waals surface area contributed by atoms with Gasteiger partial charge in [0.2, 0.25) is 0 Å². The molecule has 1 unspecified atom stereocenters. The molecule has 1 nitrogen and oxygen atoms in total. The molecule has 1 aliphatic rings. The molecule has 1 aromatic carbocycles. The van der Waals surface area contributed by atoms with E-state index >= 15 is 0 Å². The molecular formula is C10H9BrF3N. The van der Waals surface area contributed by atoms with Crippen molar-refractivity contribution < 1.29 is 13.2 Å². The van der Waals surface area contributed by atoms with Gasteiger partial charge in [0.1, 0.15) is 5.82 Å². The zero-order valence-electron chi connectivity index (χ0n) is 7.74. The summed E-state index contributed by atoms with van der Waals surface area (Å²) in [6.07, 6.45) is -0.371. The highest BCUT2D eigenvalue weighted by Gasteiger charge is 2.71. The second-order valence-corrected chi connectivity index (χ2v) is 4.71. The summed E-state index contributed by atoms with van der Waals surface area (Å²) in [4.78, 5) is 0. The molecule has 1 aliphatic carbocycles. The van der Waals surface area contributed by atoms with Crippen molar-refractivity contribution in [3.8, 4) is 0 Å². The van der Waals surface area contributed by atoms with Gasteiger partial charge < -0.3 is 5.73 Å². The van der Waals surface area contributed by atoms with Crippen molar-refractivity contribution in [3.05, 3.63) is 34.1 Å². The molecule has 82 valence electrons. The van der Waals surface area contributed by atoms with Crippen molar-refractivity contribution in [1.82, 2.24) is 0 Å². The summed E-state index contributed by atoms with van der Waals surface area (Å²) in [7, 11) is 0. The van der Waals surface area contributed by atoms with Crippen LogP contribution in [0.3, 0.4) is 0 Å². The maximum absolute atomic E-state index is 13.4. The zero-order chi connectivity index (χ0) is 11.3. The van der Waals surface area contributed by atoms with Crippen LogP contribution in [0, 0.1) is 5.82 Å². The highest BCUT2D eigenvalue weighted by Crippen LogP contribution is 2.61. The van der Waals surface area contributed by atoms with E-state index in [9.17, 15) is 13.2 Å². The van der Waals surface area contributed by atoms with E-state index in [0.717, 1.165) is 0 Å². The molecule has 0 heterocycles. The van der Waals surface area contributed by atoms with Crippen molar-refractivity contribution in [2.45, 2.75) is 17.8 Å². The molecule has 0 radical (unpaired) electrons. The Bertz CT molecular complexity index is 408. The van der Waals surface area contributed by atoms with Gasteiger partial charge in [-0.3, -0.25) is 0 Å². The van der Waals surface area contributed by atoms with Gasteiger partial charge >= 0.3 is 0 Å². The van der Waals surface area contributed by atoms with Crippen LogP contribution in [0.15, 0.2) is 22.7 Å². The fraction of sp³-hybridized carbons (Fsp3) is 0.400. The fourth-order valence-corrected chi connectivity index (χ4v) is 2.18. The predicted molar refractivity (Wildman–Crippen MR) is 54.4 cm³/mol. The smallest absolute Gasteiger partial charge is 0.260 e. The number of rotatable bonds is 2. The Morgan fingerprint density at radius 1 is 1.40 bits per heavy atom. The molecule has 1 atom stereocenters. The van der Waals surface area contributed by atoms with Crippen LogP contribution in [0.5, 0.6) is 0 Å². The topological polar surface area (TPSA) is 26.0 Å². The van der Waals surface area contributed by atoms with Crippen molar-refractivity contribution in [2.75, 3.05) is 6.54 Å². The summed E-state index contributed by atoms with van der Waals surface area (Å²) in [5, 5.41) is 0. The number of alkyl halides is 2. The van der Waals surface area contributed by atoms with Crippen molar-refractivity contribution >= 4 is 15.9 Å². The Hall–Kier alpha value is -0.550. The molecule has 0 bridgehead atoms. The molecule has 0 aliphatic heterocycles. The normalized spacial score (nSPS) is 27.8. The molecule has 1 aromatic rings. The van der Waals surface area contributed by atoms with Crippen molar-refractivity contribution in [1.29, 1.82) is 0 Å². The van der Waals surface area contributed by atoms with Gasteiger partial charge in [0.05, 0.1) is 5.41 Å². The van der Waals surface area contributed by atoms with Crippen LogP contribution < -0.4 is 5.73 Å². The van der Waals surface area contributed by atoms with Gasteiger partial charge in [-0.05, 0) is 18.2 Å². The van der Waals surface area contributed by atoms with Crippen molar-refractivity contribution in [2.24, 2.45) is 5.73 Å². The van der Waals surface area contributed by atoms with Crippen LogP contribution >= 0.6 is 15.9 Å². The highest BCUT2D eigenvalue weighted by atomic mass is 79.9. The van der Waals surface area contributed by atoms with Gasteiger partial charge in [-0.15, -0.1) is 0 Å². The van der Waals surface area contributed by atoms with Gasteiger partial charge in [0.15, 0.2) is 0 Å². The first-order chi connectivity index (χ1) is 6.93. The number of benzene rings is 1. The predicted octanol–water partition coefficient (Wildman–Crippen LogP) is 2.82. The van der Waals surface area contributed by atoms with Crippen LogP contribution in [0.4, 0.5) is 13.2 Å². The average Bonchev–Trinajstić information content (AvgIpc) is 2.74. The van der Waals surface area contributed by atoms with Crippen LogP contribution in [-0.2, 0) is 5.41 Å². The Morgan fingerprint density at radius 2 is 2.00 bits per heavy atom. The summed E-state index contributed by atoms with van der Waals surface area (Å²) >= 11 is 3.13. The van der Waals surface area contributed by atoms with Gasteiger partial charge in [-0.2, -0.15) is 0 Å². The lowest BCUT2D eigenvalue weighted by atomic mass is 9.95. The minimum atomic E-state index is -2.89. The first-order valence-corrected chi connectivity index (χ1v) is 5.26. The van der Waals surface area contributed by atoms with E-state index in [1.54, 1.807) is 0 Å². The van der Waals surface area contributed by atoms with Gasteiger partial charge in [-0.25, -0.2) is 13.2 Å². The second-order valence-electron chi connectivity index (χ2n) is 3.79. The summed E-state index contributed by atoms with van der Waals surface area (Å²) in [5.74, 6) is -3.51. The standard InChI is InChI=1S/C10H9BrF3N/c11-6-1-2-8(12)7(3-6)9(5-15)4-10(9,13)14/h1-3H,4-5,15H2. The number of hydrogen-bond acceptors (Lipinski definition) is 1. The van der Waals surface area contributed by atoms with Crippen LogP contribution in [0.2, 0.25) is 0 Å². The first kappa shape index (κ1) is 11.0. The van der Waals surface area contributed by atoms with E-state index in [2.05, 4.69) is 15.9 Å². The Labute approximate surface area is 93.6 Å². The third-order valence-electron chi connectivity index (χ3n) is 2.89. The van der Waals surface area contributed by atoms with Crippen molar-refractivity contribution in [3.63, 3.8) is 0 Å². The molecule has 1 saturated carbocycles. The first-order valence-electron chi connectivity index (χ1n) is 4.46. The number of hydrogen-bond donors (Lipinski definition) is 1. The Morgan fingerprint density at radius 3 is 2.47 bits per heavy atom. The Kier molecular flexibility index (Phi) is 2.35. The molecule has 0 spiro atoms. The molecule has 2 rings (SSSR count). The van der Waals surface area contributed by atoms with Crippen LogP contribution in [0.1, 0.15) is 12.0 Å². The molecule has 1 fully saturated rings. The molecule has 0 amide bonds. The SMILES string of the molecule is NCC1(c2cc(Br)ccc2F)CC1(F)F. The monoisotopic (exact) mass is 279 g/mol. The zero-order valence-corrected chi connectivity index (χ0v) is 9.32. The third kappa shape index (κ3) is 1.49. The maximum atomic E-state index is 13.4. The third-order valence-corrected chi connectivity index (χ3v) is 3.38. The van der Waals surface area contributed by atoms with Gasteiger partial charge in [0, 0.05) is 23.0 Å². The van der Waals surface area contributed by atoms with E-state index in [4.69, 9.17) is 5.73 Å². The Balaban J connectivity index is 2.50. The second kappa shape index (κ2) is 3.22. The summed E-state index contributed by atoms with van der Waals surface area (Å²) in [6.45, 7) is -0.243. The highest BCUT2D eigenvalue weighted by molar-refractivity contribution is 9.10. The quantitative estimate of drug-likeness (QED) is 0.885. The van der Waals surface area contributed by atoms with Gasteiger partial charge in [-0.1, -0.05) is 15.9 Å². The lowest BCUT2D eigenvalue weighted by Gasteiger charge is -2.15. The molecular weight excluding hydrogens is 271 g/mol. The van der Waals surface area contributed by atoms with E-state index in [-0.39, 0.29) is 18.5 Å². The molecule has 15 heavy (non-hydrogen) atoms. The lowest BCUT2D eigenvalue weighted by Crippen LogP contribution is -2.27. The largest absolute Gasteiger partial charge is 0.329 e. The molecule has 2 N–H and O–H groups in total. The average molecular weight is 280 g/mol. The van der Waals surface area contributed by atoms with E-state index in [1.165, 1.54) is 18.2 Å². The van der Waals surface area contributed by atoms with E-state index in [0.29, 0.717) is 4.47 Å². The summed E-state index contributed by atoms with van der Waals surface area (Å²) in [5.41, 5.74) is 3.84. The van der Waals surface area contributed by atoms with Gasteiger partial charge in [0.25, 0.3) is 5.92 Å². The minimum absolute atomic E-state index is 0.00405. The molecule has 0 saturated heterocycles. The minimum Gasteiger partial charge on any atom is -0.329 e. The lowest BCUT2D eigenvalue weighted by molar-refractivity contribution is 0.0886. The van der Waals surface area contributed by atoms with E-state index < -0.39 is 17.2 Å². The fourth-order valence-electron chi connectivity index (χ4n) is 1.82.